The number of anilines is 1. The summed E-state index contributed by atoms with van der Waals surface area (Å²) in [5, 5.41) is 7.32. The SMILES string of the molecule is COc1ccc2c(O[C@@H]3C[C@H]4C(=O)N[C@]5(C(=O)NS(=O)(=O)C6(C)CC6)C[C@H]5/C=C\CC[C@@H](C)C[C@@H](C)[C@H](NC(=O)OC(C)(C)C)C(=O)N4C3)ncc(N3C[C@@H](C)O[C@@H](C)C3)c2c1. The normalized spacial score (nSPS) is 32.0. The highest BCUT2D eigenvalue weighted by Gasteiger charge is 2.63. The maximum atomic E-state index is 15.0. The van der Waals surface area contributed by atoms with Crippen LogP contribution in [0.1, 0.15) is 100 Å². The topological polar surface area (TPSA) is 195 Å². The second-order valence-electron chi connectivity index (χ2n) is 19.6. The van der Waals surface area contributed by atoms with Gasteiger partial charge < -0.3 is 39.4 Å². The van der Waals surface area contributed by atoms with Crippen molar-refractivity contribution in [3.8, 4) is 11.6 Å². The van der Waals surface area contributed by atoms with Gasteiger partial charge in [0.15, 0.2) is 0 Å². The van der Waals surface area contributed by atoms with Crippen molar-refractivity contribution >= 4 is 50.3 Å². The summed E-state index contributed by atoms with van der Waals surface area (Å²) in [4.78, 5) is 65.6. The Kier molecular flexibility index (Phi) is 12.6. The Morgan fingerprint density at radius 1 is 1.02 bits per heavy atom. The molecular weight excluding hydrogens is 817 g/mol. The molecule has 3 N–H and O–H groups in total. The van der Waals surface area contributed by atoms with Crippen LogP contribution in [0, 0.1) is 17.8 Å². The molecule has 1 aromatic heterocycles. The number of nitrogens with zero attached hydrogens (tertiary/aromatic N) is 3. The highest BCUT2D eigenvalue weighted by atomic mass is 32.2. The summed E-state index contributed by atoms with van der Waals surface area (Å²) >= 11 is 0. The molecule has 1 aromatic carbocycles. The van der Waals surface area contributed by atoms with Gasteiger partial charge in [0.1, 0.15) is 35.1 Å². The van der Waals surface area contributed by atoms with Gasteiger partial charge in [-0.05, 0) is 110 Å². The van der Waals surface area contributed by atoms with Gasteiger partial charge in [0.05, 0.1) is 42.5 Å². The number of aromatic nitrogens is 1. The summed E-state index contributed by atoms with van der Waals surface area (Å²) in [6.45, 7) is 16.1. The average molecular weight is 881 g/mol. The first-order chi connectivity index (χ1) is 29.1. The smallest absolute Gasteiger partial charge is 0.408 e. The van der Waals surface area contributed by atoms with Crippen molar-refractivity contribution in [3.05, 3.63) is 36.5 Å². The standard InChI is InChI=1S/C45H64N6O10S/c1-26-12-10-11-13-30-21-45(30,41(54)49-62(56,57)44(8)16-17-44)48-38(52)35-20-32(25-51(35)40(53)37(27(2)18-26)47-42(55)61-43(5,6)7)60-39-33-15-14-31(58-9)19-34(33)36(22-46-39)50-23-28(3)59-29(4)24-50/h11,13-15,19,22,26-30,32,35,37H,10,12,16-18,20-21,23-25H2,1-9H3,(H,47,55)(H,48,52)(H,49,54)/b13-11-/t26-,27-,28-,29+,30-,32-,35+,37+,45-/m1/s1. The van der Waals surface area contributed by atoms with Crippen LogP contribution in [0.15, 0.2) is 36.5 Å². The van der Waals surface area contributed by atoms with E-state index in [1.807, 2.05) is 51.1 Å². The van der Waals surface area contributed by atoms with Crippen LogP contribution in [0.2, 0.25) is 0 Å². The van der Waals surface area contributed by atoms with E-state index in [-0.39, 0.29) is 43.4 Å². The maximum absolute atomic E-state index is 15.0. The second-order valence-corrected chi connectivity index (χ2v) is 21.8. The van der Waals surface area contributed by atoms with Gasteiger partial charge in [0, 0.05) is 36.2 Å². The van der Waals surface area contributed by atoms with Crippen molar-refractivity contribution in [1.29, 1.82) is 0 Å². The number of alkyl carbamates (subject to hydrolysis) is 1. The van der Waals surface area contributed by atoms with Gasteiger partial charge in [-0.25, -0.2) is 18.2 Å². The third-order valence-corrected chi connectivity index (χ3v) is 15.2. The van der Waals surface area contributed by atoms with E-state index in [0.29, 0.717) is 55.8 Å². The number of ether oxygens (including phenoxy) is 4. The third kappa shape index (κ3) is 9.63. The molecule has 62 heavy (non-hydrogen) atoms. The molecule has 3 aliphatic heterocycles. The Hall–Kier alpha value is -4.64. The van der Waals surface area contributed by atoms with E-state index in [1.165, 1.54) is 4.90 Å². The van der Waals surface area contributed by atoms with E-state index < -0.39 is 73.8 Å². The minimum absolute atomic E-state index is 0.000795. The lowest BCUT2D eigenvalue weighted by molar-refractivity contribution is -0.142. The molecule has 2 saturated heterocycles. The first-order valence-corrected chi connectivity index (χ1v) is 23.5. The van der Waals surface area contributed by atoms with Crippen LogP contribution >= 0.6 is 0 Å². The van der Waals surface area contributed by atoms with Gasteiger partial charge in [-0.1, -0.05) is 26.0 Å². The van der Waals surface area contributed by atoms with Crippen LogP contribution in [0.25, 0.3) is 10.8 Å². The maximum Gasteiger partial charge on any atom is 0.408 e. The number of hydrogen-bond acceptors (Lipinski definition) is 12. The Bertz CT molecular complexity index is 2200. The van der Waals surface area contributed by atoms with Gasteiger partial charge in [-0.2, -0.15) is 0 Å². The van der Waals surface area contributed by atoms with Crippen molar-refractivity contribution in [2.75, 3.05) is 31.6 Å². The molecule has 0 unspecified atom stereocenters. The molecule has 2 saturated carbocycles. The number of pyridine rings is 1. The van der Waals surface area contributed by atoms with E-state index in [0.717, 1.165) is 17.5 Å². The molecule has 17 heteroatoms. The highest BCUT2D eigenvalue weighted by molar-refractivity contribution is 7.91. The van der Waals surface area contributed by atoms with Crippen LogP contribution < -0.4 is 29.7 Å². The van der Waals surface area contributed by atoms with E-state index in [1.54, 1.807) is 41.0 Å². The summed E-state index contributed by atoms with van der Waals surface area (Å²) in [5.74, 6) is -1.67. The lowest BCUT2D eigenvalue weighted by Crippen LogP contribution is -2.59. The fraction of sp³-hybridized carbons (Fsp3) is 0.667. The number of amides is 4. The number of rotatable bonds is 8. The minimum atomic E-state index is -4.02. The molecule has 7 rings (SSSR count). The lowest BCUT2D eigenvalue weighted by atomic mass is 9.88. The van der Waals surface area contributed by atoms with Gasteiger partial charge in [0.25, 0.3) is 5.91 Å². The number of benzene rings is 1. The van der Waals surface area contributed by atoms with Gasteiger partial charge in [-0.3, -0.25) is 19.1 Å². The molecular formula is C45H64N6O10S. The van der Waals surface area contributed by atoms with E-state index in [2.05, 4.69) is 27.2 Å². The summed E-state index contributed by atoms with van der Waals surface area (Å²) in [6.07, 6.45) is 7.19. The lowest BCUT2D eigenvalue weighted by Gasteiger charge is -2.37. The van der Waals surface area contributed by atoms with E-state index in [9.17, 15) is 27.6 Å². The number of allylic oxidation sites excluding steroid dienone is 1. The molecule has 2 aromatic rings. The van der Waals surface area contributed by atoms with Crippen molar-refractivity contribution in [3.63, 3.8) is 0 Å². The summed E-state index contributed by atoms with van der Waals surface area (Å²) < 4.78 is 51.8. The van der Waals surface area contributed by atoms with Crippen LogP contribution in [0.3, 0.4) is 0 Å². The number of fused-ring (bicyclic) bond motifs is 3. The molecule has 0 spiro atoms. The first-order valence-electron chi connectivity index (χ1n) is 22.0. The zero-order chi connectivity index (χ0) is 44.9. The molecule has 0 bridgehead atoms. The monoisotopic (exact) mass is 880 g/mol. The number of carbonyl (C=O) groups is 4. The Balaban J connectivity index is 1.24. The Morgan fingerprint density at radius 3 is 2.39 bits per heavy atom. The fourth-order valence-electron chi connectivity index (χ4n) is 9.22. The minimum Gasteiger partial charge on any atom is -0.497 e. The molecule has 9 atom stereocenters. The van der Waals surface area contributed by atoms with Crippen LogP contribution in [0.5, 0.6) is 11.6 Å². The molecule has 2 aliphatic carbocycles. The molecule has 16 nitrogen and oxygen atoms in total. The van der Waals surface area contributed by atoms with Gasteiger partial charge >= 0.3 is 6.09 Å². The highest BCUT2D eigenvalue weighted by Crippen LogP contribution is 2.48. The summed E-state index contributed by atoms with van der Waals surface area (Å²) in [7, 11) is -2.42. The number of sulfonamides is 1. The van der Waals surface area contributed by atoms with Crippen molar-refractivity contribution < 1.29 is 46.5 Å². The molecule has 4 heterocycles. The van der Waals surface area contributed by atoms with Crippen molar-refractivity contribution in [1.82, 2.24) is 25.2 Å². The molecule has 0 radical (unpaired) electrons. The number of morpholine rings is 1. The largest absolute Gasteiger partial charge is 0.497 e. The number of hydrogen-bond donors (Lipinski definition) is 3. The quantitative estimate of drug-likeness (QED) is 0.302. The van der Waals surface area contributed by atoms with Crippen molar-refractivity contribution in [2.45, 2.75) is 147 Å². The number of nitrogens with one attached hydrogen (secondary N) is 3. The zero-order valence-corrected chi connectivity index (χ0v) is 38.3. The fourth-order valence-corrected chi connectivity index (χ4v) is 10.5. The predicted molar refractivity (Wildman–Crippen MR) is 233 cm³/mol. The number of carbonyl (C=O) groups excluding carboxylic acids is 4. The second kappa shape index (κ2) is 17.1. The molecule has 4 amide bonds. The Labute approximate surface area is 365 Å². The first kappa shape index (κ1) is 45.4. The predicted octanol–water partition coefficient (Wildman–Crippen LogP) is 4.98. The Morgan fingerprint density at radius 2 is 1.73 bits per heavy atom. The zero-order valence-electron chi connectivity index (χ0n) is 37.5. The van der Waals surface area contributed by atoms with Crippen molar-refractivity contribution in [2.24, 2.45) is 17.8 Å². The third-order valence-electron chi connectivity index (χ3n) is 13.0. The van der Waals surface area contributed by atoms with Crippen LogP contribution in [-0.2, 0) is 33.9 Å². The average Bonchev–Trinajstić information content (AvgIpc) is 4.07. The van der Waals surface area contributed by atoms with E-state index in [4.69, 9.17) is 23.9 Å². The van der Waals surface area contributed by atoms with Crippen LogP contribution in [0.4, 0.5) is 10.5 Å². The molecule has 4 fully saturated rings. The molecule has 340 valence electrons. The number of methoxy groups -OCH3 is 1. The van der Waals surface area contributed by atoms with E-state index >= 15 is 0 Å². The van der Waals surface area contributed by atoms with Gasteiger partial charge in [-0.15, -0.1) is 0 Å². The summed E-state index contributed by atoms with van der Waals surface area (Å²) in [6, 6.07) is 3.41. The molecule has 5 aliphatic rings. The van der Waals surface area contributed by atoms with Gasteiger partial charge in [0.2, 0.25) is 27.7 Å². The summed E-state index contributed by atoms with van der Waals surface area (Å²) in [5.41, 5.74) is -1.50. The van der Waals surface area contributed by atoms with Crippen LogP contribution in [-0.4, -0.2) is 115 Å².